The third-order valence-electron chi connectivity index (χ3n) is 4.90. The zero-order valence-electron chi connectivity index (χ0n) is 18.7. The lowest BCUT2D eigenvalue weighted by atomic mass is 10.1. The van der Waals surface area contributed by atoms with E-state index in [0.29, 0.717) is 28.5 Å². The SMILES string of the molecule is CCOC(=O)c1c(NC(=O)/C(C#N)=C/c2ccc(OCc3ccccc3)cc2)sc(C)c1C. The topological polar surface area (TPSA) is 88.4 Å². The maximum atomic E-state index is 12.8. The Morgan fingerprint density at radius 2 is 1.79 bits per heavy atom. The maximum absolute atomic E-state index is 12.8. The molecular formula is C26H24N2O4S. The number of esters is 1. The van der Waals surface area contributed by atoms with Gasteiger partial charge in [-0.3, -0.25) is 4.79 Å². The van der Waals surface area contributed by atoms with Crippen LogP contribution >= 0.6 is 11.3 Å². The number of ether oxygens (including phenoxy) is 2. The lowest BCUT2D eigenvalue weighted by molar-refractivity contribution is -0.112. The highest BCUT2D eigenvalue weighted by Gasteiger charge is 2.23. The lowest BCUT2D eigenvalue weighted by Gasteiger charge is -2.07. The van der Waals surface area contributed by atoms with E-state index in [1.165, 1.54) is 17.4 Å². The average molecular weight is 461 g/mol. The summed E-state index contributed by atoms with van der Waals surface area (Å²) in [4.78, 5) is 26.0. The lowest BCUT2D eigenvalue weighted by Crippen LogP contribution is -2.16. The van der Waals surface area contributed by atoms with E-state index in [4.69, 9.17) is 9.47 Å². The van der Waals surface area contributed by atoms with Crippen LogP contribution in [0.2, 0.25) is 0 Å². The zero-order chi connectivity index (χ0) is 23.8. The van der Waals surface area contributed by atoms with Gasteiger partial charge in [-0.15, -0.1) is 11.3 Å². The largest absolute Gasteiger partial charge is 0.489 e. The highest BCUT2D eigenvalue weighted by Crippen LogP contribution is 2.33. The van der Waals surface area contributed by atoms with Crippen LogP contribution in [0.25, 0.3) is 6.08 Å². The summed E-state index contributed by atoms with van der Waals surface area (Å²) in [5.41, 5.74) is 2.74. The van der Waals surface area contributed by atoms with Crippen LogP contribution < -0.4 is 10.1 Å². The monoisotopic (exact) mass is 460 g/mol. The number of amides is 1. The number of thiophene rings is 1. The first kappa shape index (κ1) is 23.8. The van der Waals surface area contributed by atoms with Gasteiger partial charge in [-0.05, 0) is 55.7 Å². The number of carbonyl (C=O) groups excluding carboxylic acids is 2. The first-order chi connectivity index (χ1) is 15.9. The van der Waals surface area contributed by atoms with Crippen molar-refractivity contribution in [3.05, 3.63) is 87.3 Å². The van der Waals surface area contributed by atoms with Crippen LogP contribution in [0.1, 0.15) is 38.8 Å². The van der Waals surface area contributed by atoms with Gasteiger partial charge in [0.2, 0.25) is 0 Å². The van der Waals surface area contributed by atoms with Gasteiger partial charge < -0.3 is 14.8 Å². The van der Waals surface area contributed by atoms with Gasteiger partial charge >= 0.3 is 5.97 Å². The number of nitriles is 1. The summed E-state index contributed by atoms with van der Waals surface area (Å²) in [6, 6.07) is 18.9. The smallest absolute Gasteiger partial charge is 0.341 e. The quantitative estimate of drug-likeness (QED) is 0.266. The molecule has 3 rings (SSSR count). The molecule has 0 aliphatic heterocycles. The summed E-state index contributed by atoms with van der Waals surface area (Å²) in [6.45, 7) is 6.07. The summed E-state index contributed by atoms with van der Waals surface area (Å²) in [5.74, 6) is -0.403. The Hall–Kier alpha value is -3.89. The Balaban J connectivity index is 1.72. The number of nitrogens with one attached hydrogen (secondary N) is 1. The standard InChI is InChI=1S/C26H24N2O4S/c1-4-31-26(30)23-17(2)18(3)33-25(23)28-24(29)21(15-27)14-19-10-12-22(13-11-19)32-16-20-8-6-5-7-9-20/h5-14H,4,16H2,1-3H3,(H,28,29)/b21-14+. The molecule has 1 aromatic heterocycles. The molecule has 0 spiro atoms. The second-order valence-corrected chi connectivity index (χ2v) is 8.40. The molecule has 0 saturated heterocycles. The molecule has 0 aliphatic carbocycles. The number of carbonyl (C=O) groups is 2. The highest BCUT2D eigenvalue weighted by molar-refractivity contribution is 7.16. The van der Waals surface area contributed by atoms with Gasteiger partial charge in [0.15, 0.2) is 0 Å². The molecule has 1 N–H and O–H groups in total. The predicted molar refractivity (Wildman–Crippen MR) is 129 cm³/mol. The molecule has 2 aromatic carbocycles. The molecule has 7 heteroatoms. The van der Waals surface area contributed by atoms with Crippen LogP contribution in [-0.4, -0.2) is 18.5 Å². The fourth-order valence-corrected chi connectivity index (χ4v) is 4.09. The summed E-state index contributed by atoms with van der Waals surface area (Å²) in [6.07, 6.45) is 1.49. The van der Waals surface area contributed by atoms with Gasteiger partial charge in [-0.1, -0.05) is 42.5 Å². The Bertz CT molecular complexity index is 1210. The van der Waals surface area contributed by atoms with Gasteiger partial charge in [0.05, 0.1) is 12.2 Å². The van der Waals surface area contributed by atoms with Crippen molar-refractivity contribution in [2.24, 2.45) is 0 Å². The van der Waals surface area contributed by atoms with Crippen molar-refractivity contribution in [2.75, 3.05) is 11.9 Å². The molecule has 6 nitrogen and oxygen atoms in total. The number of anilines is 1. The molecule has 0 bridgehead atoms. The summed E-state index contributed by atoms with van der Waals surface area (Å²) >= 11 is 1.28. The first-order valence-electron chi connectivity index (χ1n) is 10.4. The molecule has 3 aromatic rings. The molecule has 0 aliphatic rings. The maximum Gasteiger partial charge on any atom is 0.341 e. The number of rotatable bonds is 8. The van der Waals surface area contributed by atoms with E-state index in [1.54, 1.807) is 38.1 Å². The molecule has 0 fully saturated rings. The van der Waals surface area contributed by atoms with Crippen molar-refractivity contribution in [1.82, 2.24) is 0 Å². The summed E-state index contributed by atoms with van der Waals surface area (Å²) in [7, 11) is 0. The van der Waals surface area contributed by atoms with Crippen molar-refractivity contribution in [1.29, 1.82) is 5.26 Å². The van der Waals surface area contributed by atoms with Crippen LogP contribution in [0.5, 0.6) is 5.75 Å². The number of aryl methyl sites for hydroxylation is 1. The van der Waals surface area contributed by atoms with Crippen molar-refractivity contribution in [3.63, 3.8) is 0 Å². The molecular weight excluding hydrogens is 436 g/mol. The van der Waals surface area contributed by atoms with Crippen LogP contribution in [0, 0.1) is 25.2 Å². The van der Waals surface area contributed by atoms with E-state index in [-0.39, 0.29) is 12.2 Å². The summed E-state index contributed by atoms with van der Waals surface area (Å²) in [5, 5.41) is 12.6. The van der Waals surface area contributed by atoms with Crippen molar-refractivity contribution < 1.29 is 19.1 Å². The minimum atomic E-state index is -0.589. The Kier molecular flexibility index (Phi) is 8.01. The average Bonchev–Trinajstić information content (AvgIpc) is 3.10. The molecule has 0 radical (unpaired) electrons. The van der Waals surface area contributed by atoms with Gasteiger partial charge in [-0.2, -0.15) is 5.26 Å². The van der Waals surface area contributed by atoms with Crippen LogP contribution in [0.15, 0.2) is 60.2 Å². The van der Waals surface area contributed by atoms with Crippen LogP contribution in [0.4, 0.5) is 5.00 Å². The molecule has 1 amide bonds. The van der Waals surface area contributed by atoms with Gasteiger partial charge in [-0.25, -0.2) is 4.79 Å². The van der Waals surface area contributed by atoms with Gasteiger partial charge in [0.1, 0.15) is 29.0 Å². The van der Waals surface area contributed by atoms with E-state index in [0.717, 1.165) is 16.0 Å². The normalized spacial score (nSPS) is 10.9. The van der Waals surface area contributed by atoms with E-state index in [1.807, 2.05) is 43.3 Å². The van der Waals surface area contributed by atoms with Gasteiger partial charge in [0, 0.05) is 4.88 Å². The molecule has 0 atom stereocenters. The van der Waals surface area contributed by atoms with E-state index in [9.17, 15) is 14.9 Å². The van der Waals surface area contributed by atoms with E-state index in [2.05, 4.69) is 5.32 Å². The van der Waals surface area contributed by atoms with Crippen molar-refractivity contribution in [2.45, 2.75) is 27.4 Å². The second kappa shape index (κ2) is 11.1. The Morgan fingerprint density at radius 3 is 2.42 bits per heavy atom. The van der Waals surface area contributed by atoms with Crippen LogP contribution in [-0.2, 0) is 16.1 Å². The minimum Gasteiger partial charge on any atom is -0.489 e. The van der Waals surface area contributed by atoms with E-state index >= 15 is 0 Å². The van der Waals surface area contributed by atoms with E-state index < -0.39 is 11.9 Å². The summed E-state index contributed by atoms with van der Waals surface area (Å²) < 4.78 is 10.9. The fraction of sp³-hybridized carbons (Fsp3) is 0.192. The molecule has 0 saturated carbocycles. The molecule has 0 unspecified atom stereocenters. The predicted octanol–water partition coefficient (Wildman–Crippen LogP) is 5.67. The molecule has 168 valence electrons. The third-order valence-corrected chi connectivity index (χ3v) is 6.02. The van der Waals surface area contributed by atoms with Gasteiger partial charge in [0.25, 0.3) is 5.91 Å². The molecule has 33 heavy (non-hydrogen) atoms. The zero-order valence-corrected chi connectivity index (χ0v) is 19.5. The number of hydrogen-bond donors (Lipinski definition) is 1. The number of hydrogen-bond acceptors (Lipinski definition) is 6. The number of nitrogens with zero attached hydrogens (tertiary/aromatic N) is 1. The van der Waals surface area contributed by atoms with Crippen molar-refractivity contribution in [3.8, 4) is 11.8 Å². The second-order valence-electron chi connectivity index (χ2n) is 7.18. The fourth-order valence-electron chi connectivity index (χ4n) is 3.05. The first-order valence-corrected chi connectivity index (χ1v) is 11.2. The number of benzene rings is 2. The Labute approximate surface area is 197 Å². The van der Waals surface area contributed by atoms with Crippen molar-refractivity contribution >= 4 is 34.3 Å². The van der Waals surface area contributed by atoms with Crippen LogP contribution in [0.3, 0.4) is 0 Å². The minimum absolute atomic E-state index is 0.0773. The third kappa shape index (κ3) is 6.09. The molecule has 1 heterocycles. The highest BCUT2D eigenvalue weighted by atomic mass is 32.1. The Morgan fingerprint density at radius 1 is 1.09 bits per heavy atom.